The van der Waals surface area contributed by atoms with Crippen LogP contribution in [0.5, 0.6) is 11.5 Å². The molecule has 222 valence electrons. The lowest BCUT2D eigenvalue weighted by molar-refractivity contribution is -0.129. The van der Waals surface area contributed by atoms with Crippen molar-refractivity contribution in [1.82, 2.24) is 5.32 Å². The third-order valence-electron chi connectivity index (χ3n) is 7.20. The van der Waals surface area contributed by atoms with Crippen LogP contribution in [-0.2, 0) is 22.5 Å². The van der Waals surface area contributed by atoms with E-state index in [-0.39, 0.29) is 31.0 Å². The highest BCUT2D eigenvalue weighted by Crippen LogP contribution is 2.43. The first-order chi connectivity index (χ1) is 20.9. The van der Waals surface area contributed by atoms with Crippen LogP contribution in [0.1, 0.15) is 34.8 Å². The van der Waals surface area contributed by atoms with Crippen LogP contribution in [-0.4, -0.2) is 42.8 Å². The molecular weight excluding hydrogens is 554 g/mol. The number of hydrogen-bond acceptors (Lipinski definition) is 6. The average molecular weight is 587 g/mol. The second kappa shape index (κ2) is 13.5. The highest BCUT2D eigenvalue weighted by molar-refractivity contribution is 6.01. The molecular formula is C34H32F2N2O5. The summed E-state index contributed by atoms with van der Waals surface area (Å²) in [6.07, 6.45) is -0.172. The van der Waals surface area contributed by atoms with E-state index in [0.29, 0.717) is 35.7 Å². The number of benzene rings is 4. The number of aliphatic hydroxyl groups excluding tert-OH is 1. The van der Waals surface area contributed by atoms with Crippen molar-refractivity contribution in [2.24, 2.45) is 4.99 Å². The van der Waals surface area contributed by atoms with Crippen LogP contribution in [0, 0.1) is 11.6 Å². The number of halogens is 2. The number of ether oxygens (including phenoxy) is 3. The van der Waals surface area contributed by atoms with Gasteiger partial charge in [0.1, 0.15) is 23.1 Å². The summed E-state index contributed by atoms with van der Waals surface area (Å²) in [7, 11) is 1.56. The van der Waals surface area contributed by atoms with Crippen LogP contribution >= 0.6 is 0 Å². The van der Waals surface area contributed by atoms with E-state index >= 15 is 0 Å². The fourth-order valence-corrected chi connectivity index (χ4v) is 4.99. The molecule has 0 saturated carbocycles. The van der Waals surface area contributed by atoms with Crippen molar-refractivity contribution < 1.29 is 32.9 Å². The number of carbonyl (C=O) groups is 1. The summed E-state index contributed by atoms with van der Waals surface area (Å²) in [5.74, 6) is -0.471. The Morgan fingerprint density at radius 3 is 2.49 bits per heavy atom. The minimum atomic E-state index is -1.49. The number of nitrogens with zero attached hydrogens (tertiary/aromatic N) is 1. The van der Waals surface area contributed by atoms with Gasteiger partial charge in [0.25, 0.3) is 5.91 Å². The summed E-state index contributed by atoms with van der Waals surface area (Å²) >= 11 is 0. The van der Waals surface area contributed by atoms with Crippen LogP contribution < -0.4 is 14.8 Å². The standard InChI is InChI=1S/C34H32F2N2O5/c1-41-29-10-5-9-25(19-29)31-34(21-23-7-3-2-4-8-23,33(40)37-22-26-11-14-27(35)20-30(26)36)38-32(43-31)24-12-15-28(16-13-24)42-18-6-17-39/h2-5,7-16,19-20,31,39H,6,17-18,21-22H2,1H3,(H,37,40)/t31-,34-/m1/s1. The molecule has 0 aromatic heterocycles. The molecule has 1 heterocycles. The van der Waals surface area contributed by atoms with Gasteiger partial charge >= 0.3 is 0 Å². The summed E-state index contributed by atoms with van der Waals surface area (Å²) in [6, 6.07) is 27.1. The monoisotopic (exact) mass is 586 g/mol. The predicted molar refractivity (Wildman–Crippen MR) is 158 cm³/mol. The van der Waals surface area contributed by atoms with E-state index in [1.54, 1.807) is 43.5 Å². The molecule has 1 amide bonds. The number of amides is 1. The van der Waals surface area contributed by atoms with Crippen molar-refractivity contribution in [1.29, 1.82) is 0 Å². The summed E-state index contributed by atoms with van der Waals surface area (Å²) in [4.78, 5) is 19.2. The van der Waals surface area contributed by atoms with Gasteiger partial charge < -0.3 is 24.6 Å². The van der Waals surface area contributed by atoms with E-state index in [1.807, 2.05) is 42.5 Å². The Bertz CT molecular complexity index is 1580. The van der Waals surface area contributed by atoms with Gasteiger partial charge in [0.05, 0.1) is 13.7 Å². The van der Waals surface area contributed by atoms with E-state index in [4.69, 9.17) is 24.3 Å². The normalized spacial score (nSPS) is 17.6. The first kappa shape index (κ1) is 29.7. The van der Waals surface area contributed by atoms with Crippen LogP contribution in [0.15, 0.2) is 102 Å². The Morgan fingerprint density at radius 2 is 1.77 bits per heavy atom. The third-order valence-corrected chi connectivity index (χ3v) is 7.20. The maximum atomic E-state index is 14.5. The van der Waals surface area contributed by atoms with Gasteiger partial charge in [-0.05, 0) is 53.6 Å². The van der Waals surface area contributed by atoms with Crippen molar-refractivity contribution in [3.05, 3.63) is 131 Å². The average Bonchev–Trinajstić information content (AvgIpc) is 3.42. The Hall–Kier alpha value is -4.76. The number of hydrogen-bond donors (Lipinski definition) is 2. The molecule has 1 aliphatic heterocycles. The van der Waals surface area contributed by atoms with Crippen molar-refractivity contribution in [2.45, 2.75) is 31.0 Å². The minimum Gasteiger partial charge on any atom is -0.497 e. The third kappa shape index (κ3) is 6.84. The highest BCUT2D eigenvalue weighted by Gasteiger charge is 2.53. The van der Waals surface area contributed by atoms with Crippen LogP contribution in [0.2, 0.25) is 0 Å². The zero-order valence-electron chi connectivity index (χ0n) is 23.6. The van der Waals surface area contributed by atoms with Gasteiger partial charge in [0, 0.05) is 43.2 Å². The lowest BCUT2D eigenvalue weighted by Crippen LogP contribution is -2.49. The van der Waals surface area contributed by atoms with Gasteiger partial charge in [-0.15, -0.1) is 0 Å². The smallest absolute Gasteiger partial charge is 0.252 e. The maximum absolute atomic E-state index is 14.5. The maximum Gasteiger partial charge on any atom is 0.252 e. The Labute approximate surface area is 248 Å². The molecule has 0 radical (unpaired) electrons. The minimum absolute atomic E-state index is 0.0355. The first-order valence-electron chi connectivity index (χ1n) is 13.9. The van der Waals surface area contributed by atoms with Crippen molar-refractivity contribution in [3.8, 4) is 11.5 Å². The Kier molecular flexibility index (Phi) is 9.32. The molecule has 0 fully saturated rings. The van der Waals surface area contributed by atoms with E-state index < -0.39 is 29.2 Å². The van der Waals surface area contributed by atoms with Crippen molar-refractivity contribution in [2.75, 3.05) is 20.3 Å². The lowest BCUT2D eigenvalue weighted by atomic mass is 9.82. The van der Waals surface area contributed by atoms with Gasteiger partial charge in [-0.2, -0.15) is 0 Å². The number of rotatable bonds is 12. The Balaban J connectivity index is 1.56. The summed E-state index contributed by atoms with van der Waals surface area (Å²) < 4.78 is 45.6. The molecule has 1 aliphatic rings. The molecule has 0 unspecified atom stereocenters. The largest absolute Gasteiger partial charge is 0.497 e. The quantitative estimate of drug-likeness (QED) is 0.213. The first-order valence-corrected chi connectivity index (χ1v) is 13.9. The molecule has 7 nitrogen and oxygen atoms in total. The van der Waals surface area contributed by atoms with Gasteiger partial charge in [-0.1, -0.05) is 48.5 Å². The predicted octanol–water partition coefficient (Wildman–Crippen LogP) is 5.55. The zero-order chi connectivity index (χ0) is 30.2. The SMILES string of the molecule is COc1cccc([C@H]2OC(c3ccc(OCCCO)cc3)=N[C@@]2(Cc2ccccc2)C(=O)NCc2ccc(F)cc2F)c1. The Morgan fingerprint density at radius 1 is 0.977 bits per heavy atom. The molecule has 2 atom stereocenters. The number of carbonyl (C=O) groups excluding carboxylic acids is 1. The van der Waals surface area contributed by atoms with E-state index in [1.165, 1.54) is 6.07 Å². The second-order valence-electron chi connectivity index (χ2n) is 10.1. The molecule has 0 bridgehead atoms. The number of aliphatic imine (C=N–C) groups is 1. The number of aliphatic hydroxyl groups is 1. The molecule has 0 spiro atoms. The number of methoxy groups -OCH3 is 1. The van der Waals surface area contributed by atoms with Crippen molar-refractivity contribution >= 4 is 11.8 Å². The molecule has 0 saturated heterocycles. The fraction of sp³-hybridized carbons (Fsp3) is 0.235. The topological polar surface area (TPSA) is 89.4 Å². The number of nitrogens with one attached hydrogen (secondary N) is 1. The molecule has 4 aromatic rings. The van der Waals surface area contributed by atoms with E-state index in [9.17, 15) is 13.6 Å². The van der Waals surface area contributed by atoms with Gasteiger partial charge in [-0.3, -0.25) is 4.79 Å². The van der Waals surface area contributed by atoms with E-state index in [2.05, 4.69) is 5.32 Å². The lowest BCUT2D eigenvalue weighted by Gasteiger charge is -2.31. The van der Waals surface area contributed by atoms with Gasteiger partial charge in [0.15, 0.2) is 11.6 Å². The summed E-state index contributed by atoms with van der Waals surface area (Å²) in [5.41, 5.74) is 0.800. The summed E-state index contributed by atoms with van der Waals surface area (Å²) in [6.45, 7) is 0.241. The molecule has 9 heteroatoms. The van der Waals surface area contributed by atoms with E-state index in [0.717, 1.165) is 17.7 Å². The van der Waals surface area contributed by atoms with Gasteiger partial charge in [0.2, 0.25) is 5.90 Å². The fourth-order valence-electron chi connectivity index (χ4n) is 4.99. The van der Waals surface area contributed by atoms with Crippen LogP contribution in [0.25, 0.3) is 0 Å². The zero-order valence-corrected chi connectivity index (χ0v) is 23.6. The molecule has 2 N–H and O–H groups in total. The second-order valence-corrected chi connectivity index (χ2v) is 10.1. The van der Waals surface area contributed by atoms with Gasteiger partial charge in [-0.25, -0.2) is 13.8 Å². The molecule has 43 heavy (non-hydrogen) atoms. The van der Waals surface area contributed by atoms with Crippen LogP contribution in [0.4, 0.5) is 8.78 Å². The highest BCUT2D eigenvalue weighted by atomic mass is 19.1. The molecule has 5 rings (SSSR count). The molecule has 4 aromatic carbocycles. The van der Waals surface area contributed by atoms with Crippen molar-refractivity contribution in [3.63, 3.8) is 0 Å². The summed E-state index contributed by atoms with van der Waals surface area (Å²) in [5, 5.41) is 11.9. The molecule has 0 aliphatic carbocycles. The van der Waals surface area contributed by atoms with Crippen LogP contribution in [0.3, 0.4) is 0 Å².